The number of rotatable bonds is 11. The van der Waals surface area contributed by atoms with Crippen molar-refractivity contribution in [3.63, 3.8) is 0 Å². The Balaban J connectivity index is 1.53. The monoisotopic (exact) mass is 407 g/mol. The zero-order valence-electron chi connectivity index (χ0n) is 16.2. The van der Waals surface area contributed by atoms with E-state index in [1.54, 1.807) is 0 Å². The van der Waals surface area contributed by atoms with E-state index in [0.29, 0.717) is 5.25 Å². The average molecular weight is 408 g/mol. The third-order valence-corrected chi connectivity index (χ3v) is 7.44. The molecule has 3 aromatic rings. The van der Waals surface area contributed by atoms with Gasteiger partial charge in [-0.3, -0.25) is 0 Å². The van der Waals surface area contributed by atoms with Gasteiger partial charge in [0.2, 0.25) is 0 Å². The molecule has 0 aromatic heterocycles. The first-order valence-corrected chi connectivity index (χ1v) is 12.1. The molecule has 3 aromatic carbocycles. The highest BCUT2D eigenvalue weighted by molar-refractivity contribution is 7.99. The molecule has 0 aliphatic rings. The van der Waals surface area contributed by atoms with Crippen molar-refractivity contribution in [1.82, 2.24) is 0 Å². The molecule has 28 heavy (non-hydrogen) atoms. The van der Waals surface area contributed by atoms with Crippen molar-refractivity contribution in [1.29, 1.82) is 0 Å². The smallest absolute Gasteiger partial charge is 0.0251 e. The van der Waals surface area contributed by atoms with Crippen LogP contribution < -0.4 is 5.73 Å². The molecule has 0 spiro atoms. The first-order chi connectivity index (χ1) is 13.8. The zero-order chi connectivity index (χ0) is 19.4. The van der Waals surface area contributed by atoms with Crippen molar-refractivity contribution in [2.24, 2.45) is 5.73 Å². The van der Waals surface area contributed by atoms with E-state index in [4.69, 9.17) is 5.73 Å². The van der Waals surface area contributed by atoms with Crippen LogP contribution in [0.3, 0.4) is 0 Å². The lowest BCUT2D eigenvalue weighted by atomic mass is 10.1. The first-order valence-electron chi connectivity index (χ1n) is 9.88. The largest absolute Gasteiger partial charge is 0.326 e. The fourth-order valence-corrected chi connectivity index (χ4v) is 5.55. The van der Waals surface area contributed by atoms with Crippen LogP contribution in [-0.4, -0.2) is 17.0 Å². The van der Waals surface area contributed by atoms with Gasteiger partial charge in [-0.15, -0.1) is 0 Å². The van der Waals surface area contributed by atoms with Gasteiger partial charge < -0.3 is 5.73 Å². The molecular formula is C25H29NS2. The second kappa shape index (κ2) is 12.0. The Morgan fingerprint density at radius 2 is 1.14 bits per heavy atom. The number of aryl methyl sites for hydroxylation is 1. The maximum Gasteiger partial charge on any atom is 0.0251 e. The van der Waals surface area contributed by atoms with Crippen LogP contribution in [0.2, 0.25) is 0 Å². The lowest BCUT2D eigenvalue weighted by Crippen LogP contribution is -2.35. The Morgan fingerprint density at radius 3 is 1.71 bits per heavy atom. The fourth-order valence-electron chi connectivity index (χ4n) is 3.15. The Morgan fingerprint density at radius 1 is 0.643 bits per heavy atom. The molecule has 3 heteroatoms. The van der Waals surface area contributed by atoms with E-state index < -0.39 is 0 Å². The standard InChI is InChI=1S/C25H29NS2/c26-24(20-27-18-22-12-6-2-7-13-22)25(17-16-21-10-4-1-5-11-21)28-19-23-14-8-3-9-15-23/h1-15,24-25H,16-20,26H2. The predicted molar refractivity (Wildman–Crippen MR) is 127 cm³/mol. The molecular weight excluding hydrogens is 378 g/mol. The summed E-state index contributed by atoms with van der Waals surface area (Å²) in [5, 5.41) is 0.462. The Bertz CT molecular complexity index is 734. The molecule has 0 amide bonds. The summed E-state index contributed by atoms with van der Waals surface area (Å²) >= 11 is 3.96. The maximum atomic E-state index is 6.67. The van der Waals surface area contributed by atoms with Gasteiger partial charge in [0.1, 0.15) is 0 Å². The Labute approximate surface area is 178 Å². The SMILES string of the molecule is NC(CSCc1ccccc1)C(CCc1ccccc1)SCc1ccccc1. The highest BCUT2D eigenvalue weighted by Gasteiger charge is 2.18. The van der Waals surface area contributed by atoms with Crippen molar-refractivity contribution in [3.05, 3.63) is 108 Å². The molecule has 2 atom stereocenters. The molecule has 1 nitrogen and oxygen atoms in total. The molecule has 2 N–H and O–H groups in total. The van der Waals surface area contributed by atoms with Gasteiger partial charge in [0.25, 0.3) is 0 Å². The number of hydrogen-bond donors (Lipinski definition) is 1. The van der Waals surface area contributed by atoms with Crippen molar-refractivity contribution in [3.8, 4) is 0 Å². The second-order valence-electron chi connectivity index (χ2n) is 7.02. The van der Waals surface area contributed by atoms with E-state index >= 15 is 0 Å². The van der Waals surface area contributed by atoms with E-state index in [1.165, 1.54) is 16.7 Å². The topological polar surface area (TPSA) is 26.0 Å². The van der Waals surface area contributed by atoms with Crippen LogP contribution in [0.15, 0.2) is 91.0 Å². The molecule has 0 fully saturated rings. The van der Waals surface area contributed by atoms with Gasteiger partial charge in [-0.25, -0.2) is 0 Å². The summed E-state index contributed by atoms with van der Waals surface area (Å²) in [6.07, 6.45) is 2.21. The lowest BCUT2D eigenvalue weighted by molar-refractivity contribution is 0.648. The van der Waals surface area contributed by atoms with E-state index in [-0.39, 0.29) is 6.04 Å². The molecule has 0 radical (unpaired) electrons. The van der Waals surface area contributed by atoms with E-state index in [9.17, 15) is 0 Å². The molecule has 0 saturated heterocycles. The lowest BCUT2D eigenvalue weighted by Gasteiger charge is -2.24. The minimum atomic E-state index is 0.200. The van der Waals surface area contributed by atoms with Crippen LogP contribution in [0.25, 0.3) is 0 Å². The highest BCUT2D eigenvalue weighted by atomic mass is 32.2. The second-order valence-corrected chi connectivity index (χ2v) is 9.28. The molecule has 0 aliphatic carbocycles. The zero-order valence-corrected chi connectivity index (χ0v) is 17.9. The first kappa shape index (κ1) is 21.0. The molecule has 0 heterocycles. The van der Waals surface area contributed by atoms with Crippen molar-refractivity contribution < 1.29 is 0 Å². The Hall–Kier alpha value is -1.68. The Kier molecular flexibility index (Phi) is 9.02. The molecule has 2 unspecified atom stereocenters. The van der Waals surface area contributed by atoms with Gasteiger partial charge in [0.05, 0.1) is 0 Å². The summed E-state index contributed by atoms with van der Waals surface area (Å²) in [6.45, 7) is 0. The number of benzene rings is 3. The molecule has 0 aliphatic heterocycles. The molecule has 0 bridgehead atoms. The van der Waals surface area contributed by atoms with Crippen molar-refractivity contribution in [2.75, 3.05) is 5.75 Å². The summed E-state index contributed by atoms with van der Waals surface area (Å²) in [6, 6.07) is 32.3. The maximum absolute atomic E-state index is 6.67. The summed E-state index contributed by atoms with van der Waals surface area (Å²) in [7, 11) is 0. The summed E-state index contributed by atoms with van der Waals surface area (Å²) in [5.74, 6) is 3.05. The normalized spacial score (nSPS) is 13.2. The highest BCUT2D eigenvalue weighted by Crippen LogP contribution is 2.26. The third kappa shape index (κ3) is 7.38. The third-order valence-electron chi connectivity index (χ3n) is 4.77. The summed E-state index contributed by atoms with van der Waals surface area (Å²) in [4.78, 5) is 0. The van der Waals surface area contributed by atoms with Crippen LogP contribution in [0, 0.1) is 0 Å². The van der Waals surface area contributed by atoms with Crippen LogP contribution in [0.5, 0.6) is 0 Å². The van der Waals surface area contributed by atoms with E-state index in [2.05, 4.69) is 91.0 Å². The van der Waals surface area contributed by atoms with Gasteiger partial charge in [-0.2, -0.15) is 23.5 Å². The average Bonchev–Trinajstić information content (AvgIpc) is 2.76. The van der Waals surface area contributed by atoms with Crippen LogP contribution in [-0.2, 0) is 17.9 Å². The van der Waals surface area contributed by atoms with Crippen molar-refractivity contribution in [2.45, 2.75) is 35.6 Å². The van der Waals surface area contributed by atoms with Gasteiger partial charge in [0.15, 0.2) is 0 Å². The van der Waals surface area contributed by atoms with Crippen molar-refractivity contribution >= 4 is 23.5 Å². The van der Waals surface area contributed by atoms with E-state index in [0.717, 1.165) is 30.1 Å². The minimum Gasteiger partial charge on any atom is -0.326 e. The van der Waals surface area contributed by atoms with Gasteiger partial charge in [0, 0.05) is 28.6 Å². The van der Waals surface area contributed by atoms with Gasteiger partial charge >= 0.3 is 0 Å². The van der Waals surface area contributed by atoms with Crippen LogP contribution in [0.1, 0.15) is 23.1 Å². The predicted octanol–water partition coefficient (Wildman–Crippen LogP) is 6.18. The molecule has 0 saturated carbocycles. The van der Waals surface area contributed by atoms with Gasteiger partial charge in [-0.1, -0.05) is 91.0 Å². The molecule has 3 rings (SSSR count). The quantitative estimate of drug-likeness (QED) is 0.411. The minimum absolute atomic E-state index is 0.200. The molecule has 146 valence electrons. The van der Waals surface area contributed by atoms with Gasteiger partial charge in [-0.05, 0) is 29.5 Å². The summed E-state index contributed by atoms with van der Waals surface area (Å²) < 4.78 is 0. The fraction of sp³-hybridized carbons (Fsp3) is 0.280. The summed E-state index contributed by atoms with van der Waals surface area (Å²) in [5.41, 5.74) is 10.8. The van der Waals surface area contributed by atoms with Crippen LogP contribution in [0.4, 0.5) is 0 Å². The number of hydrogen-bond acceptors (Lipinski definition) is 3. The number of nitrogens with two attached hydrogens (primary N) is 1. The number of thioether (sulfide) groups is 2. The van der Waals surface area contributed by atoms with Crippen LogP contribution >= 0.6 is 23.5 Å². The van der Waals surface area contributed by atoms with E-state index in [1.807, 2.05) is 23.5 Å².